The lowest BCUT2D eigenvalue weighted by Crippen LogP contribution is -2.42. The van der Waals surface area contributed by atoms with Gasteiger partial charge in [-0.3, -0.25) is 9.10 Å². The van der Waals surface area contributed by atoms with Crippen LogP contribution in [0.4, 0.5) is 11.4 Å². The van der Waals surface area contributed by atoms with E-state index in [1.54, 1.807) is 12.1 Å². The number of hydrogen-bond acceptors (Lipinski definition) is 4. The third-order valence-electron chi connectivity index (χ3n) is 3.11. The normalized spacial score (nSPS) is 11.9. The second-order valence-electron chi connectivity index (χ2n) is 6.79. The Bertz CT molecular complexity index is 632. The van der Waals surface area contributed by atoms with Crippen LogP contribution in [0.1, 0.15) is 27.2 Å². The van der Waals surface area contributed by atoms with E-state index in [9.17, 15) is 13.2 Å². The van der Waals surface area contributed by atoms with E-state index in [2.05, 4.69) is 5.32 Å². The van der Waals surface area contributed by atoms with Gasteiger partial charge in [-0.25, -0.2) is 8.42 Å². The van der Waals surface area contributed by atoms with E-state index in [-0.39, 0.29) is 24.4 Å². The van der Waals surface area contributed by atoms with Crippen molar-refractivity contribution in [2.75, 3.05) is 36.1 Å². The Hall–Kier alpha value is -1.76. The van der Waals surface area contributed by atoms with Gasteiger partial charge in [0.25, 0.3) is 0 Å². The molecular weight excluding hydrogens is 314 g/mol. The highest BCUT2D eigenvalue weighted by Gasteiger charge is 2.20. The van der Waals surface area contributed by atoms with Crippen LogP contribution in [0.3, 0.4) is 0 Å². The monoisotopic (exact) mass is 341 g/mol. The Morgan fingerprint density at radius 1 is 1.09 bits per heavy atom. The molecule has 0 heterocycles. The zero-order valence-electron chi connectivity index (χ0n) is 14.8. The molecular formula is C16H27N3O3S. The number of sulfonamides is 1. The molecule has 0 fully saturated rings. The van der Waals surface area contributed by atoms with E-state index in [0.717, 1.165) is 11.9 Å². The average Bonchev–Trinajstić information content (AvgIpc) is 2.35. The predicted molar refractivity (Wildman–Crippen MR) is 95.5 cm³/mol. The van der Waals surface area contributed by atoms with Gasteiger partial charge in [-0.15, -0.1) is 0 Å². The van der Waals surface area contributed by atoms with Crippen LogP contribution in [0.25, 0.3) is 0 Å². The van der Waals surface area contributed by atoms with E-state index >= 15 is 0 Å². The highest BCUT2D eigenvalue weighted by atomic mass is 32.2. The van der Waals surface area contributed by atoms with Crippen molar-refractivity contribution in [3.63, 3.8) is 0 Å². The number of benzene rings is 1. The van der Waals surface area contributed by atoms with E-state index in [4.69, 9.17) is 0 Å². The Kier molecular flexibility index (Phi) is 6.04. The number of anilines is 2. The second kappa shape index (κ2) is 7.21. The Morgan fingerprint density at radius 3 is 1.96 bits per heavy atom. The Labute approximate surface area is 139 Å². The third kappa shape index (κ3) is 6.48. The second-order valence-corrected chi connectivity index (χ2v) is 8.70. The summed E-state index contributed by atoms with van der Waals surface area (Å²) in [5.74, 6) is -0.170. The molecule has 0 aliphatic rings. The molecule has 0 aliphatic carbocycles. The van der Waals surface area contributed by atoms with Gasteiger partial charge in [0, 0.05) is 38.3 Å². The minimum atomic E-state index is -3.45. The lowest BCUT2D eigenvalue weighted by atomic mass is 10.1. The molecule has 1 rings (SSSR count). The minimum absolute atomic E-state index is 0.111. The molecule has 0 unspecified atom stereocenters. The van der Waals surface area contributed by atoms with E-state index in [1.807, 2.05) is 51.9 Å². The molecule has 0 radical (unpaired) electrons. The van der Waals surface area contributed by atoms with Gasteiger partial charge in [0.05, 0.1) is 11.9 Å². The van der Waals surface area contributed by atoms with Crippen LogP contribution in [0.15, 0.2) is 24.3 Å². The lowest BCUT2D eigenvalue weighted by molar-refractivity contribution is -0.122. The first kappa shape index (κ1) is 19.3. The van der Waals surface area contributed by atoms with Gasteiger partial charge in [-0.1, -0.05) is 0 Å². The van der Waals surface area contributed by atoms with Gasteiger partial charge in [-0.05, 0) is 45.0 Å². The molecule has 23 heavy (non-hydrogen) atoms. The minimum Gasteiger partial charge on any atom is -0.378 e. The average molecular weight is 341 g/mol. The molecule has 1 aromatic rings. The van der Waals surface area contributed by atoms with Crippen LogP contribution >= 0.6 is 0 Å². The Balaban J connectivity index is 2.88. The molecule has 0 atom stereocenters. The van der Waals surface area contributed by atoms with Gasteiger partial charge in [-0.2, -0.15) is 0 Å². The fraction of sp³-hybridized carbons (Fsp3) is 0.562. The quantitative estimate of drug-likeness (QED) is 0.857. The first-order valence-electron chi connectivity index (χ1n) is 7.46. The number of hydrogen-bond donors (Lipinski definition) is 1. The maximum Gasteiger partial charge on any atom is 0.232 e. The van der Waals surface area contributed by atoms with Gasteiger partial charge in [0.1, 0.15) is 0 Å². The maximum absolute atomic E-state index is 12.0. The van der Waals surface area contributed by atoms with Crippen molar-refractivity contribution < 1.29 is 13.2 Å². The number of carbonyl (C=O) groups is 1. The number of amides is 1. The first-order chi connectivity index (χ1) is 10.4. The summed E-state index contributed by atoms with van der Waals surface area (Å²) < 4.78 is 25.3. The van der Waals surface area contributed by atoms with Crippen molar-refractivity contribution >= 4 is 27.3 Å². The van der Waals surface area contributed by atoms with Gasteiger partial charge >= 0.3 is 0 Å². The van der Waals surface area contributed by atoms with Crippen LogP contribution in [0.2, 0.25) is 0 Å². The number of carbonyl (C=O) groups excluding carboxylic acids is 1. The van der Waals surface area contributed by atoms with E-state index < -0.39 is 10.0 Å². The molecule has 1 amide bonds. The van der Waals surface area contributed by atoms with Crippen molar-refractivity contribution in [1.82, 2.24) is 5.32 Å². The van der Waals surface area contributed by atoms with E-state index in [0.29, 0.717) is 5.69 Å². The predicted octanol–water partition coefficient (Wildman–Crippen LogP) is 1.82. The zero-order valence-corrected chi connectivity index (χ0v) is 15.6. The fourth-order valence-electron chi connectivity index (χ4n) is 2.09. The molecule has 0 saturated carbocycles. The molecule has 130 valence electrons. The summed E-state index contributed by atoms with van der Waals surface area (Å²) in [5.41, 5.74) is 1.20. The summed E-state index contributed by atoms with van der Waals surface area (Å²) >= 11 is 0. The van der Waals surface area contributed by atoms with Crippen LogP contribution in [-0.2, 0) is 14.8 Å². The summed E-state index contributed by atoms with van der Waals surface area (Å²) in [6.07, 6.45) is 1.26. The van der Waals surface area contributed by atoms with E-state index in [1.165, 1.54) is 4.31 Å². The smallest absolute Gasteiger partial charge is 0.232 e. The van der Waals surface area contributed by atoms with Crippen molar-refractivity contribution in [2.24, 2.45) is 0 Å². The third-order valence-corrected chi connectivity index (χ3v) is 4.30. The van der Waals surface area contributed by atoms with Crippen molar-refractivity contribution in [3.8, 4) is 0 Å². The summed E-state index contributed by atoms with van der Waals surface area (Å²) in [6, 6.07) is 7.20. The lowest BCUT2D eigenvalue weighted by Gasteiger charge is -2.25. The summed E-state index contributed by atoms with van der Waals surface area (Å²) in [7, 11) is 0.383. The molecule has 0 saturated heterocycles. The van der Waals surface area contributed by atoms with Gasteiger partial charge in [0.2, 0.25) is 15.9 Å². The van der Waals surface area contributed by atoms with Crippen molar-refractivity contribution in [2.45, 2.75) is 32.7 Å². The van der Waals surface area contributed by atoms with Crippen LogP contribution in [0.5, 0.6) is 0 Å². The Morgan fingerprint density at radius 2 is 1.57 bits per heavy atom. The summed E-state index contributed by atoms with van der Waals surface area (Å²) in [4.78, 5) is 13.9. The largest absolute Gasteiger partial charge is 0.378 e. The highest BCUT2D eigenvalue weighted by molar-refractivity contribution is 7.92. The molecule has 1 N–H and O–H groups in total. The van der Waals surface area contributed by atoms with Crippen molar-refractivity contribution in [3.05, 3.63) is 24.3 Å². The van der Waals surface area contributed by atoms with Gasteiger partial charge < -0.3 is 10.2 Å². The summed E-state index contributed by atoms with van der Waals surface area (Å²) in [6.45, 7) is 5.78. The fourth-order valence-corrected chi connectivity index (χ4v) is 3.01. The maximum atomic E-state index is 12.0. The van der Waals surface area contributed by atoms with Crippen LogP contribution < -0.4 is 14.5 Å². The van der Waals surface area contributed by atoms with Gasteiger partial charge in [0.15, 0.2) is 0 Å². The van der Waals surface area contributed by atoms with Crippen molar-refractivity contribution in [1.29, 1.82) is 0 Å². The zero-order chi connectivity index (χ0) is 17.8. The van der Waals surface area contributed by atoms with Crippen LogP contribution in [-0.4, -0.2) is 46.8 Å². The molecule has 7 heteroatoms. The highest BCUT2D eigenvalue weighted by Crippen LogP contribution is 2.21. The molecule has 6 nitrogen and oxygen atoms in total. The topological polar surface area (TPSA) is 69.7 Å². The standard InChI is InChI=1S/C16H27N3O3S/c1-16(2,3)17-15(20)11-12-19(23(6,21)22)14-9-7-13(8-10-14)18(4)5/h7-10H,11-12H2,1-6H3,(H,17,20). The number of nitrogens with zero attached hydrogens (tertiary/aromatic N) is 2. The van der Waals surface area contributed by atoms with Crippen LogP contribution in [0, 0.1) is 0 Å². The number of nitrogens with one attached hydrogen (secondary N) is 1. The first-order valence-corrected chi connectivity index (χ1v) is 9.31. The molecule has 0 bridgehead atoms. The summed E-state index contributed by atoms with van der Waals surface area (Å²) in [5, 5.41) is 2.83. The number of rotatable bonds is 6. The molecule has 0 spiro atoms. The molecule has 0 aliphatic heterocycles. The SMILES string of the molecule is CN(C)c1ccc(N(CCC(=O)NC(C)(C)C)S(C)(=O)=O)cc1. The molecule has 0 aromatic heterocycles. The molecule has 1 aromatic carbocycles.